The van der Waals surface area contributed by atoms with Crippen LogP contribution in [-0.4, -0.2) is 63.5 Å². The number of halogens is 1. The molecule has 1 N–H and O–H groups in total. The van der Waals surface area contributed by atoms with Crippen LogP contribution in [0, 0.1) is 0 Å². The highest BCUT2D eigenvalue weighted by molar-refractivity contribution is 7.89. The van der Waals surface area contributed by atoms with Gasteiger partial charge in [-0.05, 0) is 35.9 Å². The van der Waals surface area contributed by atoms with Crippen LogP contribution in [0.3, 0.4) is 0 Å². The second-order valence-electron chi connectivity index (χ2n) is 6.62. The molecule has 1 aliphatic rings. The van der Waals surface area contributed by atoms with E-state index in [1.165, 1.54) is 31.3 Å². The summed E-state index contributed by atoms with van der Waals surface area (Å²) >= 11 is 5.79. The summed E-state index contributed by atoms with van der Waals surface area (Å²) in [4.78, 5) is 18.8. The van der Waals surface area contributed by atoms with Gasteiger partial charge in [-0.15, -0.1) is 0 Å². The van der Waals surface area contributed by atoms with Crippen LogP contribution in [0.2, 0.25) is 5.02 Å². The van der Waals surface area contributed by atoms with Gasteiger partial charge in [0.05, 0.1) is 24.7 Å². The minimum atomic E-state index is -3.77. The number of sulfonamides is 1. The van der Waals surface area contributed by atoms with Gasteiger partial charge in [0, 0.05) is 37.9 Å². The number of nitrogens with zero attached hydrogens (tertiary/aromatic N) is 3. The van der Waals surface area contributed by atoms with Crippen LogP contribution < -0.4 is 10.2 Å². The van der Waals surface area contributed by atoms with Gasteiger partial charge >= 0.3 is 0 Å². The van der Waals surface area contributed by atoms with E-state index in [4.69, 9.17) is 16.3 Å². The normalized spacial score (nSPS) is 14.8. The third kappa shape index (κ3) is 5.66. The number of morpholine rings is 1. The lowest BCUT2D eigenvalue weighted by atomic mass is 10.2. The highest BCUT2D eigenvalue weighted by Gasteiger charge is 2.22. The second kappa shape index (κ2) is 9.53. The van der Waals surface area contributed by atoms with Crippen molar-refractivity contribution in [2.24, 2.45) is 0 Å². The molecule has 1 amide bonds. The van der Waals surface area contributed by atoms with Gasteiger partial charge in [0.1, 0.15) is 5.82 Å². The van der Waals surface area contributed by atoms with Gasteiger partial charge in [-0.2, -0.15) is 4.31 Å². The lowest BCUT2D eigenvalue weighted by Crippen LogP contribution is -2.38. The summed E-state index contributed by atoms with van der Waals surface area (Å²) in [6.45, 7) is 2.96. The van der Waals surface area contributed by atoms with Gasteiger partial charge in [-0.1, -0.05) is 17.7 Å². The molecule has 0 radical (unpaired) electrons. The molecule has 0 aliphatic carbocycles. The molecule has 0 spiro atoms. The van der Waals surface area contributed by atoms with E-state index in [1.807, 2.05) is 12.1 Å². The minimum absolute atomic E-state index is 0.0834. The van der Waals surface area contributed by atoms with Crippen molar-refractivity contribution in [3.05, 3.63) is 53.2 Å². The van der Waals surface area contributed by atoms with Gasteiger partial charge in [-0.3, -0.25) is 4.79 Å². The summed E-state index contributed by atoms with van der Waals surface area (Å²) in [5.74, 6) is 0.472. The third-order valence-electron chi connectivity index (χ3n) is 4.52. The standard InChI is InChI=1S/C19H23ClN4O4S/c1-23(29(26,27)17-5-3-16(20)4-6-17)14-19(25)22-13-15-2-7-18(21-12-15)24-8-10-28-11-9-24/h2-7,12H,8-11,13-14H2,1H3,(H,22,25). The van der Waals surface area contributed by atoms with Gasteiger partial charge < -0.3 is 15.0 Å². The quantitative estimate of drug-likeness (QED) is 0.704. The first-order chi connectivity index (χ1) is 13.9. The number of hydrogen-bond acceptors (Lipinski definition) is 6. The zero-order valence-corrected chi connectivity index (χ0v) is 17.6. The van der Waals surface area contributed by atoms with Gasteiger partial charge in [0.2, 0.25) is 15.9 Å². The number of hydrogen-bond donors (Lipinski definition) is 1. The summed E-state index contributed by atoms with van der Waals surface area (Å²) in [7, 11) is -2.40. The van der Waals surface area contributed by atoms with E-state index >= 15 is 0 Å². The molecular formula is C19H23ClN4O4S. The highest BCUT2D eigenvalue weighted by atomic mass is 35.5. The third-order valence-corrected chi connectivity index (χ3v) is 6.59. The maximum absolute atomic E-state index is 12.5. The molecule has 0 bridgehead atoms. The van der Waals surface area contributed by atoms with Crippen LogP contribution in [-0.2, 0) is 26.1 Å². The SMILES string of the molecule is CN(CC(=O)NCc1ccc(N2CCOCC2)nc1)S(=O)(=O)c1ccc(Cl)cc1. The Morgan fingerprint density at radius 2 is 1.90 bits per heavy atom. The number of benzene rings is 1. The average molecular weight is 439 g/mol. The Kier molecular flexibility index (Phi) is 7.07. The average Bonchev–Trinajstić information content (AvgIpc) is 2.73. The number of amides is 1. The van der Waals surface area contributed by atoms with Crippen LogP contribution in [0.5, 0.6) is 0 Å². The number of anilines is 1. The Bertz CT molecular complexity index is 930. The lowest BCUT2D eigenvalue weighted by Gasteiger charge is -2.27. The van der Waals surface area contributed by atoms with Crippen LogP contribution in [0.1, 0.15) is 5.56 Å². The Balaban J connectivity index is 1.52. The summed E-state index contributed by atoms with van der Waals surface area (Å²) in [6.07, 6.45) is 1.71. The smallest absolute Gasteiger partial charge is 0.243 e. The van der Waals surface area contributed by atoms with Crippen LogP contribution in [0.25, 0.3) is 0 Å². The van der Waals surface area contributed by atoms with Crippen LogP contribution in [0.4, 0.5) is 5.82 Å². The lowest BCUT2D eigenvalue weighted by molar-refractivity contribution is -0.121. The molecule has 1 aliphatic heterocycles. The number of rotatable bonds is 7. The first-order valence-corrected chi connectivity index (χ1v) is 10.9. The molecular weight excluding hydrogens is 416 g/mol. The largest absolute Gasteiger partial charge is 0.378 e. The Hall–Kier alpha value is -2.20. The molecule has 1 fully saturated rings. The maximum atomic E-state index is 12.5. The predicted molar refractivity (Wildman–Crippen MR) is 110 cm³/mol. The Morgan fingerprint density at radius 1 is 1.21 bits per heavy atom. The van der Waals surface area contributed by atoms with Crippen LogP contribution >= 0.6 is 11.6 Å². The van der Waals surface area contributed by atoms with Crippen molar-refractivity contribution in [2.75, 3.05) is 44.8 Å². The molecule has 1 aromatic heterocycles. The van der Waals surface area contributed by atoms with E-state index in [-0.39, 0.29) is 18.0 Å². The molecule has 1 aromatic carbocycles. The number of carbonyl (C=O) groups is 1. The van der Waals surface area contributed by atoms with Crippen molar-refractivity contribution in [1.82, 2.24) is 14.6 Å². The first kappa shape index (κ1) is 21.5. The fraction of sp³-hybridized carbons (Fsp3) is 0.368. The van der Waals surface area contributed by atoms with E-state index in [9.17, 15) is 13.2 Å². The number of pyridine rings is 1. The molecule has 0 saturated carbocycles. The fourth-order valence-corrected chi connectivity index (χ4v) is 4.08. The first-order valence-electron chi connectivity index (χ1n) is 9.12. The second-order valence-corrected chi connectivity index (χ2v) is 9.10. The fourth-order valence-electron chi connectivity index (χ4n) is 2.83. The molecule has 0 atom stereocenters. The highest BCUT2D eigenvalue weighted by Crippen LogP contribution is 2.17. The number of likely N-dealkylation sites (N-methyl/N-ethyl adjacent to an activating group) is 1. The molecule has 1 saturated heterocycles. The Morgan fingerprint density at radius 3 is 2.52 bits per heavy atom. The van der Waals surface area contributed by atoms with Crippen molar-refractivity contribution in [3.63, 3.8) is 0 Å². The minimum Gasteiger partial charge on any atom is -0.378 e. The van der Waals surface area contributed by atoms with E-state index in [2.05, 4.69) is 15.2 Å². The number of carbonyl (C=O) groups excluding carboxylic acids is 1. The van der Waals surface area contributed by atoms with Gasteiger partial charge in [0.25, 0.3) is 0 Å². The summed E-state index contributed by atoms with van der Waals surface area (Å²) in [5.41, 5.74) is 0.832. The van der Waals surface area contributed by atoms with Crippen LogP contribution in [0.15, 0.2) is 47.5 Å². The number of ether oxygens (including phenoxy) is 1. The monoisotopic (exact) mass is 438 g/mol. The van der Waals surface area contributed by atoms with Gasteiger partial charge in [0.15, 0.2) is 0 Å². The maximum Gasteiger partial charge on any atom is 0.243 e. The Labute approximate surface area is 175 Å². The zero-order valence-electron chi connectivity index (χ0n) is 16.0. The van der Waals surface area contributed by atoms with E-state index < -0.39 is 15.9 Å². The molecule has 29 heavy (non-hydrogen) atoms. The number of nitrogens with one attached hydrogen (secondary N) is 1. The number of aromatic nitrogens is 1. The van der Waals surface area contributed by atoms with Crippen molar-refractivity contribution < 1.29 is 17.9 Å². The van der Waals surface area contributed by atoms with Crippen molar-refractivity contribution in [2.45, 2.75) is 11.4 Å². The predicted octanol–water partition coefficient (Wildman–Crippen LogP) is 1.51. The molecule has 2 heterocycles. The zero-order chi connectivity index (χ0) is 20.9. The molecule has 8 nitrogen and oxygen atoms in total. The molecule has 0 unspecified atom stereocenters. The van der Waals surface area contributed by atoms with Crippen molar-refractivity contribution in [1.29, 1.82) is 0 Å². The summed E-state index contributed by atoms with van der Waals surface area (Å²) in [5, 5.41) is 3.16. The molecule has 156 valence electrons. The van der Waals surface area contributed by atoms with Crippen molar-refractivity contribution >= 4 is 33.3 Å². The molecule has 10 heteroatoms. The topological polar surface area (TPSA) is 91.8 Å². The summed E-state index contributed by atoms with van der Waals surface area (Å²) in [6, 6.07) is 9.61. The summed E-state index contributed by atoms with van der Waals surface area (Å²) < 4.78 is 31.4. The van der Waals surface area contributed by atoms with E-state index in [1.54, 1.807) is 6.20 Å². The molecule has 2 aromatic rings. The molecule has 3 rings (SSSR count). The van der Waals surface area contributed by atoms with Gasteiger partial charge in [-0.25, -0.2) is 13.4 Å². The van der Waals surface area contributed by atoms with Crippen molar-refractivity contribution in [3.8, 4) is 0 Å². The van der Waals surface area contributed by atoms with E-state index in [0.29, 0.717) is 18.2 Å². The van der Waals surface area contributed by atoms with E-state index in [0.717, 1.165) is 28.8 Å².